The molecule has 0 N–H and O–H groups in total. The fourth-order valence-corrected chi connectivity index (χ4v) is 2.67. The van der Waals surface area contributed by atoms with Gasteiger partial charge in [-0.2, -0.15) is 0 Å². The lowest BCUT2D eigenvalue weighted by Gasteiger charge is -2.20. The summed E-state index contributed by atoms with van der Waals surface area (Å²) in [4.78, 5) is 16.7. The Hall–Kier alpha value is -1.19. The Morgan fingerprint density at radius 3 is 2.68 bits per heavy atom. The van der Waals surface area contributed by atoms with Crippen LogP contribution in [0.1, 0.15) is 29.6 Å². The molecule has 104 valence electrons. The molecule has 1 fully saturated rings. The van der Waals surface area contributed by atoms with E-state index in [1.165, 1.54) is 13.0 Å². The topological polar surface area (TPSA) is 23.6 Å². The Morgan fingerprint density at radius 2 is 2.05 bits per heavy atom. The van der Waals surface area contributed by atoms with E-state index in [1.807, 2.05) is 30.3 Å². The molecule has 1 unspecified atom stereocenters. The van der Waals surface area contributed by atoms with Gasteiger partial charge >= 0.3 is 0 Å². The molecule has 1 saturated heterocycles. The monoisotopic (exact) mass is 260 g/mol. The zero-order valence-corrected chi connectivity index (χ0v) is 12.0. The van der Waals surface area contributed by atoms with Crippen LogP contribution in [0, 0.1) is 0 Å². The van der Waals surface area contributed by atoms with Crippen LogP contribution in [-0.4, -0.2) is 55.4 Å². The van der Waals surface area contributed by atoms with Crippen LogP contribution in [0.15, 0.2) is 30.3 Å². The fourth-order valence-electron chi connectivity index (χ4n) is 2.67. The molecule has 3 heteroatoms. The minimum absolute atomic E-state index is 0.268. The highest BCUT2D eigenvalue weighted by atomic mass is 16.1. The van der Waals surface area contributed by atoms with Crippen LogP contribution >= 0.6 is 0 Å². The van der Waals surface area contributed by atoms with Gasteiger partial charge in [0.25, 0.3) is 0 Å². The summed E-state index contributed by atoms with van der Waals surface area (Å²) in [6.45, 7) is 3.36. The third-order valence-corrected chi connectivity index (χ3v) is 3.95. The molecule has 19 heavy (non-hydrogen) atoms. The Bertz CT molecular complexity index is 402. The molecule has 1 heterocycles. The highest BCUT2D eigenvalue weighted by molar-refractivity contribution is 5.95. The van der Waals surface area contributed by atoms with Crippen LogP contribution in [0.2, 0.25) is 0 Å². The number of hydrogen-bond acceptors (Lipinski definition) is 3. The molecule has 2 rings (SSSR count). The molecule has 1 aliphatic rings. The molecule has 1 aromatic rings. The number of likely N-dealkylation sites (N-methyl/N-ethyl adjacent to an activating group) is 1. The van der Waals surface area contributed by atoms with Crippen LogP contribution in [-0.2, 0) is 0 Å². The summed E-state index contributed by atoms with van der Waals surface area (Å²) in [5, 5.41) is 0. The highest BCUT2D eigenvalue weighted by Gasteiger charge is 2.23. The van der Waals surface area contributed by atoms with Crippen molar-refractivity contribution in [2.45, 2.75) is 25.3 Å². The standard InChI is InChI=1S/C16H24N2O/c1-17(2)15-10-12-18(13-15)11-6-9-16(19)14-7-4-3-5-8-14/h3-5,7-8,15H,6,9-13H2,1-2H3. The van der Waals surface area contributed by atoms with Gasteiger partial charge in [0.05, 0.1) is 0 Å². The van der Waals surface area contributed by atoms with Gasteiger partial charge in [-0.1, -0.05) is 30.3 Å². The predicted octanol–water partition coefficient (Wildman–Crippen LogP) is 2.29. The van der Waals surface area contributed by atoms with E-state index in [-0.39, 0.29) is 5.78 Å². The molecule has 0 amide bonds. The Kier molecular flexibility index (Phi) is 5.11. The number of carbonyl (C=O) groups is 1. The third kappa shape index (κ3) is 4.15. The average Bonchev–Trinajstić information content (AvgIpc) is 2.89. The van der Waals surface area contributed by atoms with Crippen molar-refractivity contribution < 1.29 is 4.79 Å². The van der Waals surface area contributed by atoms with Crippen molar-refractivity contribution >= 4 is 5.78 Å². The third-order valence-electron chi connectivity index (χ3n) is 3.95. The molecule has 0 saturated carbocycles. The number of carbonyl (C=O) groups excluding carboxylic acids is 1. The number of nitrogens with zero attached hydrogens (tertiary/aromatic N) is 2. The number of rotatable bonds is 6. The van der Waals surface area contributed by atoms with Gasteiger partial charge in [-0.15, -0.1) is 0 Å². The summed E-state index contributed by atoms with van der Waals surface area (Å²) in [5.41, 5.74) is 0.843. The normalized spacial score (nSPS) is 20.1. The second-order valence-corrected chi connectivity index (χ2v) is 5.60. The van der Waals surface area contributed by atoms with Gasteiger partial charge < -0.3 is 9.80 Å². The minimum Gasteiger partial charge on any atom is -0.305 e. The second kappa shape index (κ2) is 6.83. The van der Waals surface area contributed by atoms with E-state index in [4.69, 9.17) is 0 Å². The highest BCUT2D eigenvalue weighted by Crippen LogP contribution is 2.14. The maximum Gasteiger partial charge on any atom is 0.162 e. The minimum atomic E-state index is 0.268. The van der Waals surface area contributed by atoms with Crippen molar-refractivity contribution in [3.63, 3.8) is 0 Å². The van der Waals surface area contributed by atoms with Crippen LogP contribution in [0.5, 0.6) is 0 Å². The van der Waals surface area contributed by atoms with E-state index in [9.17, 15) is 4.79 Å². The number of likely N-dealkylation sites (tertiary alicyclic amines) is 1. The first kappa shape index (κ1) is 14.2. The van der Waals surface area contributed by atoms with Gasteiger partial charge in [-0.25, -0.2) is 0 Å². The first-order valence-electron chi connectivity index (χ1n) is 7.14. The first-order chi connectivity index (χ1) is 9.16. The molecule has 0 aliphatic carbocycles. The molecule has 0 aromatic heterocycles. The molecule has 0 radical (unpaired) electrons. The van der Waals surface area contributed by atoms with Gasteiger partial charge in [0.2, 0.25) is 0 Å². The molecular weight excluding hydrogens is 236 g/mol. The molecule has 1 aliphatic heterocycles. The summed E-state index contributed by atoms with van der Waals surface area (Å²) in [6.07, 6.45) is 2.88. The summed E-state index contributed by atoms with van der Waals surface area (Å²) in [5.74, 6) is 0.268. The largest absolute Gasteiger partial charge is 0.305 e. The quantitative estimate of drug-likeness (QED) is 0.733. The number of Topliss-reactive ketones (excluding diaryl/α,β-unsaturated/α-hetero) is 1. The first-order valence-corrected chi connectivity index (χ1v) is 7.14. The van der Waals surface area contributed by atoms with Crippen LogP contribution < -0.4 is 0 Å². The molecule has 1 atom stereocenters. The predicted molar refractivity (Wildman–Crippen MR) is 78.5 cm³/mol. The lowest BCUT2D eigenvalue weighted by atomic mass is 10.1. The van der Waals surface area contributed by atoms with E-state index >= 15 is 0 Å². The van der Waals surface area contributed by atoms with E-state index in [1.54, 1.807) is 0 Å². The van der Waals surface area contributed by atoms with E-state index in [0.717, 1.165) is 25.1 Å². The van der Waals surface area contributed by atoms with Crippen LogP contribution in [0.3, 0.4) is 0 Å². The maximum absolute atomic E-state index is 12.0. The van der Waals surface area contributed by atoms with Crippen molar-refractivity contribution in [1.29, 1.82) is 0 Å². The van der Waals surface area contributed by atoms with Crippen molar-refractivity contribution in [1.82, 2.24) is 9.80 Å². The van der Waals surface area contributed by atoms with Crippen LogP contribution in [0.4, 0.5) is 0 Å². The summed E-state index contributed by atoms with van der Waals surface area (Å²) in [6, 6.07) is 10.3. The molecule has 1 aromatic carbocycles. The molecule has 3 nitrogen and oxygen atoms in total. The van der Waals surface area contributed by atoms with Gasteiger partial charge in [0, 0.05) is 24.6 Å². The summed E-state index contributed by atoms with van der Waals surface area (Å²) in [7, 11) is 4.29. The van der Waals surface area contributed by atoms with Gasteiger partial charge in [0.15, 0.2) is 5.78 Å². The number of benzene rings is 1. The van der Waals surface area contributed by atoms with E-state index < -0.39 is 0 Å². The van der Waals surface area contributed by atoms with Gasteiger partial charge in [-0.05, 0) is 40.0 Å². The summed E-state index contributed by atoms with van der Waals surface area (Å²) >= 11 is 0. The summed E-state index contributed by atoms with van der Waals surface area (Å²) < 4.78 is 0. The Morgan fingerprint density at radius 1 is 1.32 bits per heavy atom. The van der Waals surface area contributed by atoms with Crippen molar-refractivity contribution in [2.75, 3.05) is 33.7 Å². The maximum atomic E-state index is 12.0. The lowest BCUT2D eigenvalue weighted by molar-refractivity contribution is 0.0975. The molecule has 0 bridgehead atoms. The van der Waals surface area contributed by atoms with Crippen LogP contribution in [0.25, 0.3) is 0 Å². The average molecular weight is 260 g/mol. The lowest BCUT2D eigenvalue weighted by Crippen LogP contribution is -2.31. The zero-order chi connectivity index (χ0) is 13.7. The van der Waals surface area contributed by atoms with Crippen molar-refractivity contribution in [3.05, 3.63) is 35.9 Å². The number of hydrogen-bond donors (Lipinski definition) is 0. The molecule has 0 spiro atoms. The Labute approximate surface area is 116 Å². The van der Waals surface area contributed by atoms with Crippen molar-refractivity contribution in [2.24, 2.45) is 0 Å². The Balaban J connectivity index is 1.69. The SMILES string of the molecule is CN(C)C1CCN(CCCC(=O)c2ccccc2)C1. The smallest absolute Gasteiger partial charge is 0.162 e. The molecular formula is C16H24N2O. The van der Waals surface area contributed by atoms with E-state index in [0.29, 0.717) is 12.5 Å². The van der Waals surface area contributed by atoms with Crippen molar-refractivity contribution in [3.8, 4) is 0 Å². The second-order valence-electron chi connectivity index (χ2n) is 5.60. The van der Waals surface area contributed by atoms with Gasteiger partial charge in [-0.3, -0.25) is 4.79 Å². The fraction of sp³-hybridized carbons (Fsp3) is 0.562. The number of ketones is 1. The van der Waals surface area contributed by atoms with Gasteiger partial charge in [0.1, 0.15) is 0 Å². The van der Waals surface area contributed by atoms with E-state index in [2.05, 4.69) is 23.9 Å². The zero-order valence-electron chi connectivity index (χ0n) is 12.0.